The summed E-state index contributed by atoms with van der Waals surface area (Å²) in [5, 5.41) is 7.95. The Labute approximate surface area is 488 Å². The van der Waals surface area contributed by atoms with Crippen molar-refractivity contribution in [1.82, 2.24) is 45.3 Å². The molecule has 2 saturated heterocycles. The van der Waals surface area contributed by atoms with Gasteiger partial charge in [-0.1, -0.05) is 53.2 Å². The van der Waals surface area contributed by atoms with E-state index in [2.05, 4.69) is 25.7 Å². The lowest BCUT2D eigenvalue weighted by molar-refractivity contribution is -0.146. The number of amides is 7. The number of carbonyl (C=O) groups excluding carboxylic acids is 7. The molecular weight excluding hydrogens is 1100 g/mol. The van der Waals surface area contributed by atoms with Crippen LogP contribution in [-0.2, 0) is 61.4 Å². The summed E-state index contributed by atoms with van der Waals surface area (Å²) in [7, 11) is 4.24. The van der Waals surface area contributed by atoms with E-state index in [-0.39, 0.29) is 66.5 Å². The van der Waals surface area contributed by atoms with Gasteiger partial charge in [0, 0.05) is 70.9 Å². The molecule has 1 aliphatic carbocycles. The quantitative estimate of drug-likeness (QED) is 0.0827. The normalized spacial score (nSPS) is 18.5. The van der Waals surface area contributed by atoms with E-state index in [1.54, 1.807) is 76.5 Å². The van der Waals surface area contributed by atoms with Gasteiger partial charge in [0.1, 0.15) is 11.8 Å². The van der Waals surface area contributed by atoms with Gasteiger partial charge in [-0.2, -0.15) is 23.5 Å². The minimum absolute atomic E-state index is 0.0155. The summed E-state index contributed by atoms with van der Waals surface area (Å²) >= 11 is 3.30. The summed E-state index contributed by atoms with van der Waals surface area (Å²) in [5.74, 6) is -1.65. The van der Waals surface area contributed by atoms with Gasteiger partial charge in [-0.3, -0.25) is 43.4 Å². The lowest BCUT2D eigenvalue weighted by Gasteiger charge is -2.39. The highest BCUT2D eigenvalue weighted by molar-refractivity contribution is 7.98. The predicted octanol–water partition coefficient (Wildman–Crippen LogP) is 4.71. The summed E-state index contributed by atoms with van der Waals surface area (Å²) in [4.78, 5) is 107. The number of carbonyl (C=O) groups is 7. The summed E-state index contributed by atoms with van der Waals surface area (Å²) in [6, 6.07) is 7.26. The van der Waals surface area contributed by atoms with Gasteiger partial charge in [-0.25, -0.2) is 13.2 Å². The van der Waals surface area contributed by atoms with Gasteiger partial charge >= 0.3 is 6.09 Å². The van der Waals surface area contributed by atoms with E-state index < -0.39 is 75.5 Å². The number of methoxy groups -OCH3 is 2. The maximum absolute atomic E-state index is 14.4. The lowest BCUT2D eigenvalue weighted by atomic mass is 9.90. The molecular formula is C57H89N9O12S3. The predicted molar refractivity (Wildman–Crippen MR) is 315 cm³/mol. The Morgan fingerprint density at radius 1 is 0.815 bits per heavy atom. The second-order valence-corrected chi connectivity index (χ2v) is 26.0. The van der Waals surface area contributed by atoms with Gasteiger partial charge < -0.3 is 44.9 Å². The summed E-state index contributed by atoms with van der Waals surface area (Å²) in [6.07, 6.45) is 5.72. The summed E-state index contributed by atoms with van der Waals surface area (Å²) in [6.45, 7) is 11.0. The smallest absolute Gasteiger partial charge is 0.410 e. The number of sulfonamides is 1. The third-order valence-corrected chi connectivity index (χ3v) is 18.8. The van der Waals surface area contributed by atoms with Crippen LogP contribution in [0.4, 0.5) is 4.79 Å². The molecule has 0 spiro atoms. The second-order valence-electron chi connectivity index (χ2n) is 22.3. The van der Waals surface area contributed by atoms with Crippen LogP contribution >= 0.6 is 23.5 Å². The number of hydrogen-bond donors (Lipinski definition) is 4. The van der Waals surface area contributed by atoms with Crippen molar-refractivity contribution < 1.29 is 56.2 Å². The maximum atomic E-state index is 14.4. The van der Waals surface area contributed by atoms with Gasteiger partial charge in [0.2, 0.25) is 33.7 Å². The molecule has 4 N–H and O–H groups in total. The first-order chi connectivity index (χ1) is 38.5. The van der Waals surface area contributed by atoms with Crippen LogP contribution in [0.15, 0.2) is 36.4 Å². The zero-order chi connectivity index (χ0) is 59.7. The highest BCUT2D eigenvalue weighted by atomic mass is 32.2. The van der Waals surface area contributed by atoms with E-state index in [1.165, 1.54) is 14.2 Å². The molecule has 7 amide bonds. The van der Waals surface area contributed by atoms with Crippen molar-refractivity contribution in [3.63, 3.8) is 0 Å². The fourth-order valence-electron chi connectivity index (χ4n) is 11.0. The molecule has 24 heteroatoms. The number of nitrogens with zero attached hydrogens (tertiary/aromatic N) is 5. The number of benzene rings is 1. The first kappa shape index (κ1) is 66.8. The van der Waals surface area contributed by atoms with Crippen molar-refractivity contribution in [3.05, 3.63) is 58.9 Å². The first-order valence-electron chi connectivity index (χ1n) is 28.2. The average Bonchev–Trinajstić information content (AvgIpc) is 4.21. The summed E-state index contributed by atoms with van der Waals surface area (Å²) < 4.78 is 45.9. The third-order valence-electron chi connectivity index (χ3n) is 15.8. The van der Waals surface area contributed by atoms with E-state index in [4.69, 9.17) is 14.2 Å². The molecule has 3 heterocycles. The topological polar surface area (TPSA) is 255 Å². The van der Waals surface area contributed by atoms with E-state index in [1.807, 2.05) is 71.3 Å². The monoisotopic (exact) mass is 1190 g/mol. The van der Waals surface area contributed by atoms with Gasteiger partial charge in [0.15, 0.2) is 0 Å². The number of thioether (sulfide) groups is 2. The van der Waals surface area contributed by atoms with Crippen LogP contribution in [-0.4, -0.2) is 197 Å². The standard InChI is InChI=1S/C57H89N9O12S3/c1-13-36(4)51(64(8)49(68)32-59-56(72)50(35(2)3)63(6)7)47(76-9)30-48(67)66-24-14-15-46(66)52(77-10)37(5)53(69)61-45(55(71)62-81(74,75)44-20-21-44)27-38-16-18-43(19-17-38)78-57(73)65-25-22-39(23-26-65)31-58-54(70)40-28-41(33-79-11)60-42(29-40)34-80-12/h16-19,28-29,35-37,39,44-47,50-52H,13-15,20-27,30-34H2,1-12H3,(H,58,70)(H,59,72)(H,61,69)(H,62,71)/t36-,37+,45-,46-,47+,50?,51-,52+/m0/s1. The minimum Gasteiger partial charge on any atom is -0.410 e. The molecule has 21 nitrogen and oxygen atoms in total. The van der Waals surface area contributed by atoms with Gasteiger partial charge in [0.25, 0.3) is 11.8 Å². The fourth-order valence-corrected chi connectivity index (χ4v) is 13.2. The van der Waals surface area contributed by atoms with Gasteiger partial charge in [0.05, 0.1) is 65.9 Å². The van der Waals surface area contributed by atoms with Crippen molar-refractivity contribution >= 4 is 75.1 Å². The van der Waals surface area contributed by atoms with Crippen molar-refractivity contribution in [2.75, 3.05) is 80.6 Å². The Morgan fingerprint density at radius 3 is 1.99 bits per heavy atom. The first-order valence-corrected chi connectivity index (χ1v) is 32.5. The summed E-state index contributed by atoms with van der Waals surface area (Å²) in [5.41, 5.74) is 2.87. The Kier molecular flexibility index (Phi) is 26.1. The van der Waals surface area contributed by atoms with Crippen molar-refractivity contribution in [3.8, 4) is 5.75 Å². The number of likely N-dealkylation sites (N-methyl/N-ethyl adjacent to an activating group) is 2. The molecule has 0 radical (unpaired) electrons. The molecule has 81 heavy (non-hydrogen) atoms. The molecule has 1 saturated carbocycles. The van der Waals surface area contributed by atoms with Crippen molar-refractivity contribution in [1.29, 1.82) is 0 Å². The van der Waals surface area contributed by atoms with Gasteiger partial charge in [-0.05, 0) is 113 Å². The number of hydrogen-bond acceptors (Lipinski definition) is 16. The Morgan fingerprint density at radius 2 is 1.44 bits per heavy atom. The molecule has 3 fully saturated rings. The molecule has 0 bridgehead atoms. The number of ether oxygens (including phenoxy) is 3. The SMILES string of the molecule is CC[C@H](C)[C@@H]([C@@H](CC(=O)N1CCC[C@H]1[C@H](OC)[C@@H](C)C(=O)N[C@@H](Cc1ccc(OC(=O)N2CCC(CNC(=O)c3cc(CSC)nc(CSC)c3)CC2)cc1)C(=O)NS(=O)(=O)C1CC1)OC)N(C)C(=O)CNC(=O)C(C(C)C)N(C)C. The number of rotatable bonds is 30. The van der Waals surface area contributed by atoms with E-state index in [0.717, 1.165) is 11.4 Å². The second kappa shape index (κ2) is 31.6. The molecule has 5 rings (SSSR count). The van der Waals surface area contributed by atoms with E-state index in [9.17, 15) is 42.0 Å². The maximum Gasteiger partial charge on any atom is 0.415 e. The van der Waals surface area contributed by atoms with Crippen LogP contribution in [0.25, 0.3) is 0 Å². The van der Waals surface area contributed by atoms with Crippen LogP contribution in [0.5, 0.6) is 5.75 Å². The minimum atomic E-state index is -4.00. The van der Waals surface area contributed by atoms with Crippen molar-refractivity contribution in [2.45, 2.75) is 146 Å². The van der Waals surface area contributed by atoms with Crippen molar-refractivity contribution in [2.24, 2.45) is 23.7 Å². The van der Waals surface area contributed by atoms with E-state index in [0.29, 0.717) is 93.8 Å². The highest BCUT2D eigenvalue weighted by Crippen LogP contribution is 2.31. The number of nitrogens with one attached hydrogen (secondary N) is 4. The molecule has 1 aromatic carbocycles. The molecule has 2 aliphatic heterocycles. The number of likely N-dealkylation sites (tertiary alicyclic amines) is 2. The van der Waals surface area contributed by atoms with Crippen LogP contribution in [0.2, 0.25) is 0 Å². The number of piperidine rings is 1. The Balaban J connectivity index is 1.19. The molecule has 2 aromatic rings. The number of aromatic nitrogens is 1. The average molecular weight is 1190 g/mol. The Bertz CT molecular complexity index is 2530. The highest BCUT2D eigenvalue weighted by Gasteiger charge is 2.44. The fraction of sp³-hybridized carbons (Fsp3) is 0.684. The zero-order valence-corrected chi connectivity index (χ0v) is 51.9. The molecule has 1 aromatic heterocycles. The molecule has 8 atom stereocenters. The molecule has 3 aliphatic rings. The van der Waals surface area contributed by atoms with Crippen LogP contribution in [0.3, 0.4) is 0 Å². The third kappa shape index (κ3) is 19.0. The lowest BCUT2D eigenvalue weighted by Crippen LogP contribution is -2.56. The number of pyridine rings is 1. The largest absolute Gasteiger partial charge is 0.415 e. The Hall–Kier alpha value is -5.01. The van der Waals surface area contributed by atoms with E-state index >= 15 is 0 Å². The zero-order valence-electron chi connectivity index (χ0n) is 49.5. The van der Waals surface area contributed by atoms with Crippen LogP contribution < -0.4 is 25.4 Å². The van der Waals surface area contributed by atoms with Crippen LogP contribution in [0.1, 0.15) is 113 Å². The molecule has 452 valence electrons. The van der Waals surface area contributed by atoms with Gasteiger partial charge in [-0.15, -0.1) is 0 Å². The van der Waals surface area contributed by atoms with Crippen LogP contribution in [0, 0.1) is 23.7 Å². The molecule has 1 unspecified atom stereocenters.